The Labute approximate surface area is 202 Å². The van der Waals surface area contributed by atoms with Crippen molar-refractivity contribution in [3.63, 3.8) is 0 Å². The van der Waals surface area contributed by atoms with Crippen molar-refractivity contribution in [2.45, 2.75) is 36.5 Å². The fourth-order valence-electron chi connectivity index (χ4n) is 4.81. The van der Waals surface area contributed by atoms with Gasteiger partial charge in [-0.25, -0.2) is 0 Å². The Morgan fingerprint density at radius 3 is 2.74 bits per heavy atom. The molecule has 1 aromatic carbocycles. The molecule has 2 aliphatic rings. The van der Waals surface area contributed by atoms with E-state index in [1.165, 1.54) is 12.1 Å². The van der Waals surface area contributed by atoms with Gasteiger partial charge < -0.3 is 9.47 Å². The van der Waals surface area contributed by atoms with E-state index in [4.69, 9.17) is 0 Å². The fraction of sp³-hybridized carbons (Fsp3) is 0.500. The minimum Gasteiger partial charge on any atom is -0.304 e. The molecular formula is C24H29F3N6S. The number of thioether (sulfide) groups is 1. The van der Waals surface area contributed by atoms with Crippen molar-refractivity contribution in [3.05, 3.63) is 47.3 Å². The molecule has 34 heavy (non-hydrogen) atoms. The van der Waals surface area contributed by atoms with Crippen LogP contribution in [0.1, 0.15) is 42.1 Å². The molecule has 0 unspecified atom stereocenters. The summed E-state index contributed by atoms with van der Waals surface area (Å²) in [5.74, 6) is 1.96. The van der Waals surface area contributed by atoms with Crippen molar-refractivity contribution < 1.29 is 13.2 Å². The van der Waals surface area contributed by atoms with E-state index >= 15 is 0 Å². The molecule has 0 N–H and O–H groups in total. The maximum absolute atomic E-state index is 12.8. The molecule has 10 heteroatoms. The van der Waals surface area contributed by atoms with Crippen LogP contribution in [0.2, 0.25) is 0 Å². The zero-order chi connectivity index (χ0) is 24.3. The van der Waals surface area contributed by atoms with Gasteiger partial charge in [0.1, 0.15) is 5.70 Å². The molecule has 6 nitrogen and oxygen atoms in total. The van der Waals surface area contributed by atoms with Gasteiger partial charge in [0, 0.05) is 32.6 Å². The molecule has 0 bridgehead atoms. The Morgan fingerprint density at radius 1 is 1.29 bits per heavy atom. The summed E-state index contributed by atoms with van der Waals surface area (Å²) in [5, 5.41) is 9.35. The highest BCUT2D eigenvalue weighted by Crippen LogP contribution is 2.64. The number of allylic oxidation sites excluding steroid dienone is 1. The molecular weight excluding hydrogens is 461 g/mol. The molecule has 2 heterocycles. The first-order chi connectivity index (χ1) is 16.3. The van der Waals surface area contributed by atoms with Gasteiger partial charge in [-0.3, -0.25) is 9.98 Å². The van der Waals surface area contributed by atoms with Crippen molar-refractivity contribution in [1.29, 1.82) is 0 Å². The van der Waals surface area contributed by atoms with Gasteiger partial charge in [-0.15, -0.1) is 10.2 Å². The monoisotopic (exact) mass is 490 g/mol. The van der Waals surface area contributed by atoms with Crippen LogP contribution in [0.3, 0.4) is 0 Å². The van der Waals surface area contributed by atoms with Crippen molar-refractivity contribution in [3.8, 4) is 0 Å². The van der Waals surface area contributed by atoms with Crippen molar-refractivity contribution in [1.82, 2.24) is 19.7 Å². The first-order valence-electron chi connectivity index (χ1n) is 11.3. The number of nitrogens with zero attached hydrogens (tertiary/aromatic N) is 6. The van der Waals surface area contributed by atoms with E-state index in [9.17, 15) is 13.2 Å². The van der Waals surface area contributed by atoms with Gasteiger partial charge in [-0.1, -0.05) is 23.9 Å². The second kappa shape index (κ2) is 10.0. The quantitative estimate of drug-likeness (QED) is 0.284. The number of hydrogen-bond donors (Lipinski definition) is 0. The van der Waals surface area contributed by atoms with Crippen molar-refractivity contribution in [2.24, 2.45) is 22.4 Å². The molecule has 1 aliphatic carbocycles. The van der Waals surface area contributed by atoms with E-state index < -0.39 is 11.7 Å². The van der Waals surface area contributed by atoms with E-state index in [1.807, 2.05) is 11.6 Å². The third-order valence-electron chi connectivity index (χ3n) is 6.76. The Kier molecular flexibility index (Phi) is 7.28. The first kappa shape index (κ1) is 24.7. The highest BCUT2D eigenvalue weighted by molar-refractivity contribution is 7.99. The zero-order valence-electron chi connectivity index (χ0n) is 19.4. The van der Waals surface area contributed by atoms with Gasteiger partial charge in [0.05, 0.1) is 5.56 Å². The number of likely N-dealkylation sites (tertiary alicyclic amines) is 1. The first-order valence-corrected chi connectivity index (χ1v) is 12.3. The van der Waals surface area contributed by atoms with Crippen LogP contribution in [-0.4, -0.2) is 65.0 Å². The standard InChI is InChI=1S/C24H29F3N6S/c1-28-11-9-20(29-2)21-30-31-22(32(21)3)34-14-4-12-33-13-10-23(16-33)15-19(23)17-5-7-18(8-6-17)24(25,26)27/h5-9,11,19H,2,4,10,12-16H2,1,3H3/b20-9-,28-11?/t19-,23-/m1/s1. The predicted molar refractivity (Wildman–Crippen MR) is 131 cm³/mol. The second-order valence-electron chi connectivity index (χ2n) is 8.95. The summed E-state index contributed by atoms with van der Waals surface area (Å²) in [6.07, 6.45) is 2.34. The molecule has 1 spiro atoms. The van der Waals surface area contributed by atoms with Gasteiger partial charge in [0.2, 0.25) is 0 Å². The van der Waals surface area contributed by atoms with Crippen LogP contribution in [0, 0.1) is 5.41 Å². The third kappa shape index (κ3) is 5.27. The number of rotatable bonds is 9. The van der Waals surface area contributed by atoms with Gasteiger partial charge in [0.25, 0.3) is 0 Å². The molecule has 2 aromatic rings. The average molecular weight is 491 g/mol. The molecule has 1 saturated carbocycles. The fourth-order valence-corrected chi connectivity index (χ4v) is 5.64. The van der Waals surface area contributed by atoms with Crippen LogP contribution in [0.25, 0.3) is 5.70 Å². The number of aliphatic imine (C=N–C) groups is 2. The number of hydrogen-bond acceptors (Lipinski definition) is 6. The van der Waals surface area contributed by atoms with E-state index in [0.29, 0.717) is 17.4 Å². The largest absolute Gasteiger partial charge is 0.416 e. The lowest BCUT2D eigenvalue weighted by molar-refractivity contribution is -0.137. The van der Waals surface area contributed by atoms with Crippen molar-refractivity contribution in [2.75, 3.05) is 32.4 Å². The lowest BCUT2D eigenvalue weighted by atomic mass is 9.97. The highest BCUT2D eigenvalue weighted by atomic mass is 32.2. The van der Waals surface area contributed by atoms with Gasteiger partial charge in [0.15, 0.2) is 11.0 Å². The van der Waals surface area contributed by atoms with Crippen molar-refractivity contribution >= 4 is 30.4 Å². The minimum atomic E-state index is -4.28. The summed E-state index contributed by atoms with van der Waals surface area (Å²) in [6.45, 7) is 6.68. The van der Waals surface area contributed by atoms with Crippen LogP contribution < -0.4 is 0 Å². The number of benzene rings is 1. The molecule has 4 rings (SSSR count). The highest BCUT2D eigenvalue weighted by Gasteiger charge is 2.57. The lowest BCUT2D eigenvalue weighted by Crippen LogP contribution is -2.23. The van der Waals surface area contributed by atoms with E-state index in [2.05, 4.69) is 31.8 Å². The van der Waals surface area contributed by atoms with Gasteiger partial charge in [-0.2, -0.15) is 13.2 Å². The molecule has 1 saturated heterocycles. The smallest absolute Gasteiger partial charge is 0.304 e. The summed E-state index contributed by atoms with van der Waals surface area (Å²) in [5.41, 5.74) is 1.33. The van der Waals surface area contributed by atoms with E-state index in [1.54, 1.807) is 43.2 Å². The normalized spacial score (nSPS) is 23.3. The molecule has 0 radical (unpaired) electrons. The Balaban J connectivity index is 1.24. The molecule has 2 atom stereocenters. The summed E-state index contributed by atoms with van der Waals surface area (Å²) in [4.78, 5) is 10.4. The average Bonchev–Trinajstić information content (AvgIpc) is 3.17. The molecule has 2 fully saturated rings. The SMILES string of the molecule is C=N/C(=C\C=NC)c1nnc(SCCCN2CC[C@@]3(C[C@@H]3c3ccc(C(F)(F)F)cc3)C2)n1C. The summed E-state index contributed by atoms with van der Waals surface area (Å²) in [7, 11) is 3.61. The maximum Gasteiger partial charge on any atom is 0.416 e. The molecule has 1 aliphatic heterocycles. The number of aromatic nitrogens is 3. The topological polar surface area (TPSA) is 58.7 Å². The predicted octanol–water partition coefficient (Wildman–Crippen LogP) is 4.94. The Bertz CT molecular complexity index is 1080. The molecule has 0 amide bonds. The zero-order valence-corrected chi connectivity index (χ0v) is 20.2. The lowest BCUT2D eigenvalue weighted by Gasteiger charge is -2.16. The Hall–Kier alpha value is -2.46. The molecule has 182 valence electrons. The third-order valence-corrected chi connectivity index (χ3v) is 7.87. The van der Waals surface area contributed by atoms with Crippen LogP contribution in [0.15, 0.2) is 45.5 Å². The number of alkyl halides is 3. The maximum atomic E-state index is 12.8. The van der Waals surface area contributed by atoms with E-state index in [-0.39, 0.29) is 5.41 Å². The summed E-state index contributed by atoms with van der Waals surface area (Å²) >= 11 is 1.67. The van der Waals surface area contributed by atoms with Gasteiger partial charge in [-0.05, 0) is 74.2 Å². The Morgan fingerprint density at radius 2 is 2.06 bits per heavy atom. The summed E-state index contributed by atoms with van der Waals surface area (Å²) in [6, 6.07) is 5.75. The van der Waals surface area contributed by atoms with Gasteiger partial charge >= 0.3 is 6.18 Å². The van der Waals surface area contributed by atoms with E-state index in [0.717, 1.165) is 55.4 Å². The van der Waals surface area contributed by atoms with Crippen LogP contribution in [0.4, 0.5) is 13.2 Å². The van der Waals surface area contributed by atoms with Crippen LogP contribution >= 0.6 is 11.8 Å². The van der Waals surface area contributed by atoms with Crippen LogP contribution in [0.5, 0.6) is 0 Å². The van der Waals surface area contributed by atoms with Crippen LogP contribution in [-0.2, 0) is 13.2 Å². The number of halogens is 3. The molecule has 1 aromatic heterocycles. The second-order valence-corrected chi connectivity index (χ2v) is 10.0. The minimum absolute atomic E-state index is 0.244. The summed E-state index contributed by atoms with van der Waals surface area (Å²) < 4.78 is 40.4.